The van der Waals surface area contributed by atoms with Crippen molar-refractivity contribution in [1.29, 1.82) is 0 Å². The molecular weight excluding hydrogens is 526 g/mol. The van der Waals surface area contributed by atoms with Crippen LogP contribution in [0.2, 0.25) is 0 Å². The van der Waals surface area contributed by atoms with Crippen molar-refractivity contribution in [2.75, 3.05) is 38.7 Å². The summed E-state index contributed by atoms with van der Waals surface area (Å²) in [6, 6.07) is -0.922. The first kappa shape index (κ1) is 24.7. The number of carboxylic acids is 1. The molecule has 0 aromatic carbocycles. The number of oxime groups is 1. The quantitative estimate of drug-likeness (QED) is 0.194. The van der Waals surface area contributed by atoms with Gasteiger partial charge >= 0.3 is 0 Å². The Labute approximate surface area is 218 Å². The van der Waals surface area contributed by atoms with Gasteiger partial charge in [0.15, 0.2) is 10.8 Å². The maximum Gasteiger partial charge on any atom is 0.276 e. The van der Waals surface area contributed by atoms with E-state index < -0.39 is 29.2 Å². The number of likely N-dealkylation sites (N-methyl/N-ethyl adjacent to an activating group) is 1. The van der Waals surface area contributed by atoms with Crippen LogP contribution in [-0.4, -0.2) is 87.3 Å². The van der Waals surface area contributed by atoms with Gasteiger partial charge in [-0.3, -0.25) is 14.5 Å². The lowest BCUT2D eigenvalue weighted by Gasteiger charge is -2.51. The topological polar surface area (TPSA) is 163 Å². The Kier molecular flexibility index (Phi) is 6.48. The Morgan fingerprint density at radius 1 is 1.42 bits per heavy atom. The first-order valence-electron chi connectivity index (χ1n) is 11.0. The van der Waals surface area contributed by atoms with Crippen LogP contribution < -0.4 is 16.2 Å². The average molecular weight is 550 g/mol. The van der Waals surface area contributed by atoms with Crippen molar-refractivity contribution >= 4 is 63.1 Å². The number of amides is 2. The van der Waals surface area contributed by atoms with Gasteiger partial charge in [0, 0.05) is 28.0 Å². The van der Waals surface area contributed by atoms with Crippen LogP contribution in [0, 0.1) is 0 Å². The molecule has 3 N–H and O–H groups in total. The predicted molar refractivity (Wildman–Crippen MR) is 133 cm³/mol. The van der Waals surface area contributed by atoms with Gasteiger partial charge in [0.2, 0.25) is 0 Å². The number of nitrogens with zero attached hydrogens (tertiary/aromatic N) is 5. The number of thioether (sulfide) groups is 1. The van der Waals surface area contributed by atoms with Crippen molar-refractivity contribution in [2.24, 2.45) is 5.16 Å². The highest BCUT2D eigenvalue weighted by Gasteiger charge is 2.53. The number of hydrogen-bond donors (Lipinski definition) is 2. The molecule has 36 heavy (non-hydrogen) atoms. The highest BCUT2D eigenvalue weighted by atomic mass is 32.2. The Morgan fingerprint density at radius 3 is 2.92 bits per heavy atom. The van der Waals surface area contributed by atoms with E-state index in [1.165, 1.54) is 28.6 Å². The zero-order valence-corrected chi connectivity index (χ0v) is 21.9. The number of carbonyl (C=O) groups is 3. The standard InChI is InChI=1S/C21H23N7O5S3/c1-28(4-3-13-11(6-28)23-9-36-13)5-10-7-34-19-15(18(30)27(19)16(10)20(31)32)25-17(29)14(26-33-2)12-8-35-21(22)24-12/h8-9,15,19H,3-7H2,1-2H3,(H3-,22,24,25,29,31,32)/b26-14-/t15?,19-,28?/m1/s1. The molecule has 0 spiro atoms. The third-order valence-electron chi connectivity index (χ3n) is 6.40. The molecule has 2 unspecified atom stereocenters. The van der Waals surface area contributed by atoms with Crippen LogP contribution >= 0.6 is 34.4 Å². The number of fused-ring (bicyclic) bond motifs is 2. The summed E-state index contributed by atoms with van der Waals surface area (Å²) in [7, 11) is 3.36. The highest BCUT2D eigenvalue weighted by Crippen LogP contribution is 2.41. The number of rotatable bonds is 7. The minimum atomic E-state index is -1.40. The fraction of sp³-hybridized carbons (Fsp3) is 0.429. The maximum absolute atomic E-state index is 13.1. The number of nitrogens with one attached hydrogen (secondary N) is 1. The molecule has 0 aliphatic carbocycles. The number of aliphatic carboxylic acids is 1. The SMILES string of the molecule is CO/N=C(\C(=O)NC1C(=O)N2C(C(=O)[O-])=C(C[N+]3(C)CCc4scnc4C3)CS[C@H]12)c1csc(N)n1. The summed E-state index contributed by atoms with van der Waals surface area (Å²) in [5, 5.41) is 19.8. The predicted octanol–water partition coefficient (Wildman–Crippen LogP) is -0.861. The third kappa shape index (κ3) is 4.36. The minimum absolute atomic E-state index is 0.101. The Bertz CT molecular complexity index is 1300. The van der Waals surface area contributed by atoms with E-state index in [1.54, 1.807) is 16.7 Å². The Morgan fingerprint density at radius 2 is 2.22 bits per heavy atom. The number of nitrogen functional groups attached to an aromatic ring is 1. The number of thiazole rings is 2. The summed E-state index contributed by atoms with van der Waals surface area (Å²) in [5.41, 5.74) is 9.18. The first-order valence-corrected chi connectivity index (χ1v) is 13.8. The maximum atomic E-state index is 13.1. The van der Waals surface area contributed by atoms with Gasteiger partial charge in [0.1, 0.15) is 43.0 Å². The van der Waals surface area contributed by atoms with Gasteiger partial charge in [-0.05, 0) is 0 Å². The van der Waals surface area contributed by atoms with Crippen molar-refractivity contribution < 1.29 is 28.8 Å². The van der Waals surface area contributed by atoms with Crippen LogP contribution in [0.15, 0.2) is 27.3 Å². The molecule has 2 amide bonds. The molecule has 1 saturated heterocycles. The zero-order valence-electron chi connectivity index (χ0n) is 19.4. The molecule has 12 nitrogen and oxygen atoms in total. The Hall–Kier alpha value is -3.01. The lowest BCUT2D eigenvalue weighted by atomic mass is 10.0. The Balaban J connectivity index is 1.33. The first-order chi connectivity index (χ1) is 17.2. The van der Waals surface area contributed by atoms with E-state index in [9.17, 15) is 19.5 Å². The summed E-state index contributed by atoms with van der Waals surface area (Å²) in [4.78, 5) is 53.9. The highest BCUT2D eigenvalue weighted by molar-refractivity contribution is 8.00. The molecule has 0 saturated carbocycles. The van der Waals surface area contributed by atoms with E-state index in [0.717, 1.165) is 30.0 Å². The van der Waals surface area contributed by atoms with Crippen molar-refractivity contribution in [2.45, 2.75) is 24.4 Å². The molecular formula is C21H23N7O5S3. The zero-order chi connectivity index (χ0) is 25.6. The summed E-state index contributed by atoms with van der Waals surface area (Å²) in [6.45, 7) is 2.02. The smallest absolute Gasteiger partial charge is 0.276 e. The number of β-lactam (4-membered cyclic amide) rings is 1. The van der Waals surface area contributed by atoms with Crippen molar-refractivity contribution in [3.8, 4) is 0 Å². The molecule has 2 aromatic heterocycles. The van der Waals surface area contributed by atoms with Crippen LogP contribution in [0.1, 0.15) is 16.3 Å². The van der Waals surface area contributed by atoms with Gasteiger partial charge in [0.05, 0.1) is 30.8 Å². The lowest BCUT2D eigenvalue weighted by Crippen LogP contribution is -2.72. The van der Waals surface area contributed by atoms with Crippen molar-refractivity contribution in [1.82, 2.24) is 20.2 Å². The van der Waals surface area contributed by atoms with Crippen LogP contribution in [0.5, 0.6) is 0 Å². The largest absolute Gasteiger partial charge is 0.543 e. The van der Waals surface area contributed by atoms with E-state index >= 15 is 0 Å². The number of nitrogens with two attached hydrogens (primary N) is 1. The second-order valence-corrected chi connectivity index (χ2v) is 11.9. The lowest BCUT2D eigenvalue weighted by molar-refractivity contribution is -0.920. The second kappa shape index (κ2) is 9.46. The molecule has 2 aromatic rings. The number of anilines is 1. The van der Waals surface area contributed by atoms with Crippen molar-refractivity contribution in [3.63, 3.8) is 0 Å². The molecule has 3 atom stereocenters. The normalized spacial score (nSPS) is 25.7. The number of hydrogen-bond acceptors (Lipinski definition) is 12. The number of carboxylic acid groups (broad SMARTS) is 1. The van der Waals surface area contributed by atoms with E-state index in [2.05, 4.69) is 27.5 Å². The molecule has 5 heterocycles. The molecule has 3 aliphatic heterocycles. The summed E-state index contributed by atoms with van der Waals surface area (Å²) in [5.74, 6) is -2.18. The monoisotopic (exact) mass is 549 g/mol. The van der Waals surface area contributed by atoms with Gasteiger partial charge in [-0.2, -0.15) is 0 Å². The van der Waals surface area contributed by atoms with Gasteiger partial charge in [0.25, 0.3) is 11.8 Å². The fourth-order valence-electron chi connectivity index (χ4n) is 4.73. The molecule has 5 rings (SSSR count). The van der Waals surface area contributed by atoms with E-state index in [1.807, 2.05) is 5.51 Å². The summed E-state index contributed by atoms with van der Waals surface area (Å²) < 4.78 is 0.601. The summed E-state index contributed by atoms with van der Waals surface area (Å²) >= 11 is 4.19. The number of aromatic nitrogens is 2. The molecule has 0 bridgehead atoms. The van der Waals surface area contributed by atoms with Crippen LogP contribution in [0.25, 0.3) is 0 Å². The molecule has 1 fully saturated rings. The van der Waals surface area contributed by atoms with Crippen molar-refractivity contribution in [3.05, 3.63) is 38.4 Å². The minimum Gasteiger partial charge on any atom is -0.543 e. The van der Waals surface area contributed by atoms with Gasteiger partial charge in [-0.25, -0.2) is 9.97 Å². The van der Waals surface area contributed by atoms with Gasteiger partial charge in [-0.1, -0.05) is 5.16 Å². The molecule has 3 aliphatic rings. The van der Waals surface area contributed by atoms with Crippen LogP contribution in [-0.2, 0) is 32.2 Å². The van der Waals surface area contributed by atoms with Crippen LogP contribution in [0.4, 0.5) is 5.13 Å². The summed E-state index contributed by atoms with van der Waals surface area (Å²) in [6.07, 6.45) is 0.882. The molecule has 190 valence electrons. The van der Waals surface area contributed by atoms with E-state index in [4.69, 9.17) is 10.6 Å². The van der Waals surface area contributed by atoms with Crippen LogP contribution in [0.3, 0.4) is 0 Å². The average Bonchev–Trinajstić information content (AvgIpc) is 3.48. The third-order valence-corrected chi connectivity index (χ3v) is 9.35. The van der Waals surface area contributed by atoms with E-state index in [0.29, 0.717) is 28.9 Å². The second-order valence-electron chi connectivity index (χ2n) is 8.93. The van der Waals surface area contributed by atoms with Gasteiger partial charge in [-0.15, -0.1) is 34.4 Å². The number of carbonyl (C=O) groups excluding carboxylic acids is 3. The molecule has 0 radical (unpaired) electrons. The number of quaternary nitrogens is 1. The van der Waals surface area contributed by atoms with Gasteiger partial charge < -0.3 is 30.3 Å². The fourth-order valence-corrected chi connectivity index (χ4v) is 7.38. The molecule has 15 heteroatoms. The van der Waals surface area contributed by atoms with E-state index in [-0.39, 0.29) is 22.2 Å².